The zero-order chi connectivity index (χ0) is 16.9. The third kappa shape index (κ3) is 3.94. The fraction of sp³-hybridized carbons (Fsp3) is 0.444. The zero-order valence-corrected chi connectivity index (χ0v) is 14.9. The lowest BCUT2D eigenvalue weighted by Gasteiger charge is -2.28. The van der Waals surface area contributed by atoms with Gasteiger partial charge in [-0.1, -0.05) is 12.1 Å². The van der Waals surface area contributed by atoms with Gasteiger partial charge in [0.1, 0.15) is 10.6 Å². The van der Waals surface area contributed by atoms with E-state index in [1.807, 2.05) is 19.1 Å². The van der Waals surface area contributed by atoms with Gasteiger partial charge in [0.25, 0.3) is 5.91 Å². The van der Waals surface area contributed by atoms with Crippen molar-refractivity contribution >= 4 is 17.2 Å². The SMILES string of the molecule is COc1cccc([C@H](CNC(=O)c2cnc(C)s2)N2CCCC2)c1. The van der Waals surface area contributed by atoms with Gasteiger partial charge in [-0.15, -0.1) is 11.3 Å². The molecular weight excluding hydrogens is 322 g/mol. The lowest BCUT2D eigenvalue weighted by atomic mass is 10.0. The van der Waals surface area contributed by atoms with Crippen LogP contribution >= 0.6 is 11.3 Å². The summed E-state index contributed by atoms with van der Waals surface area (Å²) in [4.78, 5) is 19.6. The largest absolute Gasteiger partial charge is 0.497 e. The van der Waals surface area contributed by atoms with E-state index in [0.29, 0.717) is 11.4 Å². The molecule has 128 valence electrons. The van der Waals surface area contributed by atoms with Crippen molar-refractivity contribution in [1.82, 2.24) is 15.2 Å². The summed E-state index contributed by atoms with van der Waals surface area (Å²) in [6.45, 7) is 4.63. The van der Waals surface area contributed by atoms with E-state index in [-0.39, 0.29) is 11.9 Å². The Balaban J connectivity index is 1.73. The fourth-order valence-corrected chi connectivity index (χ4v) is 3.80. The summed E-state index contributed by atoms with van der Waals surface area (Å²) in [7, 11) is 1.68. The first kappa shape index (κ1) is 16.9. The molecule has 1 aromatic heterocycles. The molecule has 2 aromatic rings. The second-order valence-electron chi connectivity index (χ2n) is 5.99. The van der Waals surface area contributed by atoms with E-state index in [1.165, 1.54) is 29.7 Å². The number of nitrogens with zero attached hydrogens (tertiary/aromatic N) is 2. The first-order chi connectivity index (χ1) is 11.7. The van der Waals surface area contributed by atoms with E-state index in [1.54, 1.807) is 13.3 Å². The van der Waals surface area contributed by atoms with E-state index in [4.69, 9.17) is 4.74 Å². The second kappa shape index (κ2) is 7.77. The molecular formula is C18H23N3O2S. The van der Waals surface area contributed by atoms with Crippen LogP contribution in [0.25, 0.3) is 0 Å². The fourth-order valence-electron chi connectivity index (χ4n) is 3.10. The number of amides is 1. The molecule has 2 heterocycles. The van der Waals surface area contributed by atoms with Crippen molar-refractivity contribution < 1.29 is 9.53 Å². The van der Waals surface area contributed by atoms with Crippen molar-refractivity contribution in [2.45, 2.75) is 25.8 Å². The monoisotopic (exact) mass is 345 g/mol. The van der Waals surface area contributed by atoms with E-state index in [9.17, 15) is 4.79 Å². The number of hydrogen-bond donors (Lipinski definition) is 1. The molecule has 24 heavy (non-hydrogen) atoms. The van der Waals surface area contributed by atoms with Crippen LogP contribution in [0.4, 0.5) is 0 Å². The number of carbonyl (C=O) groups is 1. The molecule has 1 saturated heterocycles. The van der Waals surface area contributed by atoms with Crippen molar-refractivity contribution in [3.8, 4) is 5.75 Å². The number of ether oxygens (including phenoxy) is 1. The van der Waals surface area contributed by atoms with Gasteiger partial charge in [-0.2, -0.15) is 0 Å². The summed E-state index contributed by atoms with van der Waals surface area (Å²) < 4.78 is 5.35. The van der Waals surface area contributed by atoms with E-state index < -0.39 is 0 Å². The van der Waals surface area contributed by atoms with Crippen molar-refractivity contribution in [2.75, 3.05) is 26.7 Å². The first-order valence-electron chi connectivity index (χ1n) is 8.26. The number of carbonyl (C=O) groups excluding carboxylic acids is 1. The maximum Gasteiger partial charge on any atom is 0.263 e. The van der Waals surface area contributed by atoms with Gasteiger partial charge in [-0.05, 0) is 50.6 Å². The summed E-state index contributed by atoms with van der Waals surface area (Å²) in [6.07, 6.45) is 4.07. The van der Waals surface area contributed by atoms with Gasteiger partial charge in [-0.3, -0.25) is 9.69 Å². The van der Waals surface area contributed by atoms with E-state index in [0.717, 1.165) is 23.8 Å². The molecule has 1 amide bonds. The van der Waals surface area contributed by atoms with Crippen LogP contribution in [0.3, 0.4) is 0 Å². The molecule has 0 radical (unpaired) electrons. The van der Waals surface area contributed by atoms with Crippen LogP contribution in [0.5, 0.6) is 5.75 Å². The van der Waals surface area contributed by atoms with Crippen LogP contribution in [0.1, 0.15) is 39.1 Å². The molecule has 0 aliphatic carbocycles. The van der Waals surface area contributed by atoms with Crippen molar-refractivity contribution in [1.29, 1.82) is 0 Å². The number of methoxy groups -OCH3 is 1. The van der Waals surface area contributed by atoms with Crippen LogP contribution in [0.2, 0.25) is 0 Å². The smallest absolute Gasteiger partial charge is 0.263 e. The Morgan fingerprint density at radius 2 is 2.21 bits per heavy atom. The number of benzene rings is 1. The Morgan fingerprint density at radius 1 is 1.42 bits per heavy atom. The second-order valence-corrected chi connectivity index (χ2v) is 7.22. The maximum atomic E-state index is 12.3. The standard InChI is InChI=1S/C18H23N3O2S/c1-13-19-12-17(24-13)18(22)20-11-16(21-8-3-4-9-21)14-6-5-7-15(10-14)23-2/h5-7,10,12,16H,3-4,8-9,11H2,1-2H3,(H,20,22)/t16-/m0/s1. The molecule has 5 nitrogen and oxygen atoms in total. The Labute approximate surface area is 146 Å². The van der Waals surface area contributed by atoms with Crippen molar-refractivity contribution in [3.63, 3.8) is 0 Å². The van der Waals surface area contributed by atoms with Crippen LogP contribution in [0, 0.1) is 6.92 Å². The van der Waals surface area contributed by atoms with Crippen LogP contribution in [-0.4, -0.2) is 42.5 Å². The molecule has 1 N–H and O–H groups in total. The molecule has 3 rings (SSSR count). The average molecular weight is 345 g/mol. The third-order valence-corrected chi connectivity index (χ3v) is 5.27. The number of hydrogen-bond acceptors (Lipinski definition) is 5. The maximum absolute atomic E-state index is 12.3. The molecule has 0 unspecified atom stereocenters. The predicted molar refractivity (Wildman–Crippen MR) is 95.7 cm³/mol. The summed E-state index contributed by atoms with van der Waals surface area (Å²) in [5, 5.41) is 3.98. The van der Waals surface area contributed by atoms with Gasteiger partial charge in [0, 0.05) is 6.54 Å². The van der Waals surface area contributed by atoms with Crippen molar-refractivity contribution in [3.05, 3.63) is 45.9 Å². The molecule has 6 heteroatoms. The quantitative estimate of drug-likeness (QED) is 0.874. The van der Waals surface area contributed by atoms with Gasteiger partial charge in [0.05, 0.1) is 24.4 Å². The number of thiazole rings is 1. The molecule has 1 atom stereocenters. The number of nitrogens with one attached hydrogen (secondary N) is 1. The predicted octanol–water partition coefficient (Wildman–Crippen LogP) is 3.03. The van der Waals surface area contributed by atoms with Crippen LogP contribution in [-0.2, 0) is 0 Å². The minimum Gasteiger partial charge on any atom is -0.497 e. The Kier molecular flexibility index (Phi) is 5.48. The lowest BCUT2D eigenvalue weighted by Crippen LogP contribution is -2.36. The number of aryl methyl sites for hydroxylation is 1. The zero-order valence-electron chi connectivity index (χ0n) is 14.1. The highest BCUT2D eigenvalue weighted by Gasteiger charge is 2.24. The van der Waals surface area contributed by atoms with Gasteiger partial charge in [0.2, 0.25) is 0 Å². The van der Waals surface area contributed by atoms with Gasteiger partial charge in [0.15, 0.2) is 0 Å². The molecule has 1 aliphatic rings. The van der Waals surface area contributed by atoms with Crippen LogP contribution < -0.4 is 10.1 Å². The highest BCUT2D eigenvalue weighted by Crippen LogP contribution is 2.27. The minimum absolute atomic E-state index is 0.0484. The minimum atomic E-state index is -0.0484. The molecule has 1 aromatic carbocycles. The Morgan fingerprint density at radius 3 is 2.88 bits per heavy atom. The van der Waals surface area contributed by atoms with Gasteiger partial charge < -0.3 is 10.1 Å². The summed E-state index contributed by atoms with van der Waals surface area (Å²) >= 11 is 1.42. The molecule has 0 bridgehead atoms. The van der Waals surface area contributed by atoms with Gasteiger partial charge in [-0.25, -0.2) is 4.98 Å². The molecule has 0 saturated carbocycles. The number of rotatable bonds is 6. The van der Waals surface area contributed by atoms with Crippen LogP contribution in [0.15, 0.2) is 30.5 Å². The summed E-state index contributed by atoms with van der Waals surface area (Å²) in [6, 6.07) is 8.29. The highest BCUT2D eigenvalue weighted by molar-refractivity contribution is 7.13. The third-order valence-electron chi connectivity index (χ3n) is 4.36. The van der Waals surface area contributed by atoms with E-state index in [2.05, 4.69) is 27.3 Å². The highest BCUT2D eigenvalue weighted by atomic mass is 32.1. The van der Waals surface area contributed by atoms with Crippen molar-refractivity contribution in [2.24, 2.45) is 0 Å². The molecule has 1 fully saturated rings. The topological polar surface area (TPSA) is 54.5 Å². The average Bonchev–Trinajstić information content (AvgIpc) is 3.27. The Hall–Kier alpha value is -1.92. The van der Waals surface area contributed by atoms with Gasteiger partial charge >= 0.3 is 0 Å². The molecule has 0 spiro atoms. The normalized spacial score (nSPS) is 16.1. The number of likely N-dealkylation sites (tertiary alicyclic amines) is 1. The Bertz CT molecular complexity index is 695. The molecule has 1 aliphatic heterocycles. The van der Waals surface area contributed by atoms with E-state index >= 15 is 0 Å². The lowest BCUT2D eigenvalue weighted by molar-refractivity contribution is 0.0942. The summed E-state index contributed by atoms with van der Waals surface area (Å²) in [5.41, 5.74) is 1.18. The first-order valence-corrected chi connectivity index (χ1v) is 9.07. The summed E-state index contributed by atoms with van der Waals surface area (Å²) in [5.74, 6) is 0.800. The number of aromatic nitrogens is 1.